The standard InChI is InChI=1S/C12H9NO4/c14-8-3-1-7(2-4-8)10-6-13-11(15)5-9(10)12(16)17/h1-6,14H,(H,13,15)(H,16,17). The second-order valence-electron chi connectivity index (χ2n) is 3.48. The first-order chi connectivity index (χ1) is 8.08. The number of carboxylic acids is 1. The number of rotatable bonds is 2. The van der Waals surface area contributed by atoms with E-state index >= 15 is 0 Å². The zero-order chi connectivity index (χ0) is 12.4. The minimum Gasteiger partial charge on any atom is -0.508 e. The van der Waals surface area contributed by atoms with Crippen molar-refractivity contribution in [2.24, 2.45) is 0 Å². The highest BCUT2D eigenvalue weighted by atomic mass is 16.4. The topological polar surface area (TPSA) is 90.4 Å². The molecule has 1 aromatic carbocycles. The number of carboxylic acid groups (broad SMARTS) is 1. The van der Waals surface area contributed by atoms with Crippen LogP contribution in [0.1, 0.15) is 10.4 Å². The SMILES string of the molecule is O=C(O)c1cc(=O)[nH]cc1-c1ccc(O)cc1. The Morgan fingerprint density at radius 1 is 1.18 bits per heavy atom. The Kier molecular flexibility index (Phi) is 2.66. The number of phenols is 1. The van der Waals surface area contributed by atoms with E-state index in [1.54, 1.807) is 12.1 Å². The molecule has 0 bridgehead atoms. The van der Waals surface area contributed by atoms with Crippen LogP contribution < -0.4 is 5.56 Å². The van der Waals surface area contributed by atoms with Crippen LogP contribution in [-0.2, 0) is 0 Å². The van der Waals surface area contributed by atoms with Gasteiger partial charge in [-0.15, -0.1) is 0 Å². The van der Waals surface area contributed by atoms with Crippen LogP contribution in [-0.4, -0.2) is 21.2 Å². The summed E-state index contributed by atoms with van der Waals surface area (Å²) in [4.78, 5) is 24.5. The maximum Gasteiger partial charge on any atom is 0.336 e. The highest BCUT2D eigenvalue weighted by Crippen LogP contribution is 2.23. The molecule has 1 heterocycles. The molecule has 0 unspecified atom stereocenters. The van der Waals surface area contributed by atoms with E-state index in [4.69, 9.17) is 10.2 Å². The maximum absolute atomic E-state index is 11.1. The minimum absolute atomic E-state index is 0.0700. The third-order valence-corrected chi connectivity index (χ3v) is 2.33. The number of aromatic amines is 1. The first kappa shape index (κ1) is 10.9. The smallest absolute Gasteiger partial charge is 0.336 e. The van der Waals surface area contributed by atoms with Crippen molar-refractivity contribution in [3.05, 3.63) is 52.4 Å². The van der Waals surface area contributed by atoms with Crippen molar-refractivity contribution in [1.29, 1.82) is 0 Å². The molecule has 17 heavy (non-hydrogen) atoms. The molecule has 5 heteroatoms. The highest BCUT2D eigenvalue weighted by Gasteiger charge is 2.12. The van der Waals surface area contributed by atoms with Gasteiger partial charge in [-0.3, -0.25) is 4.79 Å². The summed E-state index contributed by atoms with van der Waals surface area (Å²) in [5, 5.41) is 18.2. The lowest BCUT2D eigenvalue weighted by molar-refractivity contribution is 0.0697. The van der Waals surface area contributed by atoms with Gasteiger partial charge in [0.15, 0.2) is 0 Å². The molecule has 1 aromatic heterocycles. The molecule has 5 nitrogen and oxygen atoms in total. The lowest BCUT2D eigenvalue weighted by Gasteiger charge is -2.05. The van der Waals surface area contributed by atoms with Crippen LogP contribution >= 0.6 is 0 Å². The van der Waals surface area contributed by atoms with Gasteiger partial charge < -0.3 is 15.2 Å². The predicted molar refractivity (Wildman–Crippen MR) is 61.1 cm³/mol. The molecule has 0 aliphatic carbocycles. The van der Waals surface area contributed by atoms with E-state index in [2.05, 4.69) is 4.98 Å². The van der Waals surface area contributed by atoms with Crippen LogP contribution in [0.25, 0.3) is 11.1 Å². The molecule has 0 fully saturated rings. The van der Waals surface area contributed by atoms with Crippen LogP contribution in [0, 0.1) is 0 Å². The molecule has 0 aliphatic rings. The van der Waals surface area contributed by atoms with E-state index in [-0.39, 0.29) is 11.3 Å². The molecule has 2 rings (SSSR count). The fourth-order valence-electron chi connectivity index (χ4n) is 1.53. The summed E-state index contributed by atoms with van der Waals surface area (Å²) < 4.78 is 0. The Morgan fingerprint density at radius 2 is 1.82 bits per heavy atom. The third kappa shape index (κ3) is 2.17. The van der Waals surface area contributed by atoms with Crippen LogP contribution in [0.15, 0.2) is 41.3 Å². The lowest BCUT2D eigenvalue weighted by atomic mass is 10.0. The van der Waals surface area contributed by atoms with Crippen molar-refractivity contribution in [1.82, 2.24) is 4.98 Å². The molecular formula is C12H9NO4. The summed E-state index contributed by atoms with van der Waals surface area (Å²) in [6, 6.07) is 7.09. The van der Waals surface area contributed by atoms with Gasteiger partial charge in [-0.2, -0.15) is 0 Å². The van der Waals surface area contributed by atoms with Gasteiger partial charge in [0.25, 0.3) is 0 Å². The monoisotopic (exact) mass is 231 g/mol. The van der Waals surface area contributed by atoms with Crippen LogP contribution in [0.5, 0.6) is 5.75 Å². The second kappa shape index (κ2) is 4.13. The molecule has 0 saturated carbocycles. The van der Waals surface area contributed by atoms with Gasteiger partial charge in [-0.25, -0.2) is 4.79 Å². The number of carbonyl (C=O) groups is 1. The number of H-pyrrole nitrogens is 1. The summed E-state index contributed by atoms with van der Waals surface area (Å²) in [5.74, 6) is -1.07. The second-order valence-corrected chi connectivity index (χ2v) is 3.48. The molecule has 86 valence electrons. The van der Waals surface area contributed by atoms with E-state index in [1.807, 2.05) is 0 Å². The Balaban J connectivity index is 2.62. The summed E-state index contributed by atoms with van der Waals surface area (Å²) in [6.45, 7) is 0. The molecule has 2 aromatic rings. The quantitative estimate of drug-likeness (QED) is 0.729. The van der Waals surface area contributed by atoms with Crippen molar-refractivity contribution in [2.45, 2.75) is 0 Å². The third-order valence-electron chi connectivity index (χ3n) is 2.33. The predicted octanol–water partition coefficient (Wildman–Crippen LogP) is 1.45. The number of aromatic hydroxyl groups is 1. The first-order valence-corrected chi connectivity index (χ1v) is 4.83. The number of hydrogen-bond donors (Lipinski definition) is 3. The summed E-state index contributed by atoms with van der Waals surface area (Å²) in [5.41, 5.74) is 0.470. The van der Waals surface area contributed by atoms with Gasteiger partial charge in [0, 0.05) is 17.8 Å². The number of benzene rings is 1. The Morgan fingerprint density at radius 3 is 2.41 bits per heavy atom. The highest BCUT2D eigenvalue weighted by molar-refractivity contribution is 5.95. The van der Waals surface area contributed by atoms with Crippen LogP contribution in [0.2, 0.25) is 0 Å². The van der Waals surface area contributed by atoms with Gasteiger partial charge in [0.1, 0.15) is 5.75 Å². The summed E-state index contributed by atoms with van der Waals surface area (Å²) >= 11 is 0. The van der Waals surface area contributed by atoms with E-state index < -0.39 is 11.5 Å². The number of hydrogen-bond acceptors (Lipinski definition) is 3. The fraction of sp³-hybridized carbons (Fsp3) is 0. The molecule has 0 saturated heterocycles. The van der Waals surface area contributed by atoms with E-state index in [0.717, 1.165) is 6.07 Å². The van der Waals surface area contributed by atoms with Crippen LogP contribution in [0.3, 0.4) is 0 Å². The largest absolute Gasteiger partial charge is 0.508 e. The normalized spacial score (nSPS) is 10.1. The molecular weight excluding hydrogens is 222 g/mol. The molecule has 0 atom stereocenters. The van der Waals surface area contributed by atoms with Gasteiger partial charge in [-0.05, 0) is 17.7 Å². The Bertz CT molecular complexity index is 613. The van der Waals surface area contributed by atoms with Crippen molar-refractivity contribution in [2.75, 3.05) is 0 Å². The zero-order valence-electron chi connectivity index (χ0n) is 8.68. The zero-order valence-corrected chi connectivity index (χ0v) is 8.68. The molecule has 0 amide bonds. The molecule has 0 aliphatic heterocycles. The summed E-state index contributed by atoms with van der Waals surface area (Å²) in [6.07, 6.45) is 1.35. The van der Waals surface area contributed by atoms with Gasteiger partial charge in [-0.1, -0.05) is 12.1 Å². The van der Waals surface area contributed by atoms with Crippen molar-refractivity contribution >= 4 is 5.97 Å². The number of pyridine rings is 1. The average molecular weight is 231 g/mol. The van der Waals surface area contributed by atoms with Crippen LogP contribution in [0.4, 0.5) is 0 Å². The first-order valence-electron chi connectivity index (χ1n) is 4.83. The lowest BCUT2D eigenvalue weighted by Crippen LogP contribution is -2.10. The number of phenolic OH excluding ortho intramolecular Hbond substituents is 1. The number of nitrogens with one attached hydrogen (secondary N) is 1. The molecule has 0 spiro atoms. The van der Waals surface area contributed by atoms with Crippen molar-refractivity contribution < 1.29 is 15.0 Å². The van der Waals surface area contributed by atoms with Gasteiger partial charge in [0.05, 0.1) is 5.56 Å². The fourth-order valence-corrected chi connectivity index (χ4v) is 1.53. The van der Waals surface area contributed by atoms with Gasteiger partial charge in [0.2, 0.25) is 5.56 Å². The number of aromatic carboxylic acids is 1. The van der Waals surface area contributed by atoms with E-state index in [0.29, 0.717) is 11.1 Å². The summed E-state index contributed by atoms with van der Waals surface area (Å²) in [7, 11) is 0. The number of aromatic nitrogens is 1. The Hall–Kier alpha value is -2.56. The Labute approximate surface area is 96.0 Å². The van der Waals surface area contributed by atoms with E-state index in [9.17, 15) is 9.59 Å². The average Bonchev–Trinajstić information content (AvgIpc) is 2.30. The van der Waals surface area contributed by atoms with Crippen molar-refractivity contribution in [3.63, 3.8) is 0 Å². The van der Waals surface area contributed by atoms with Crippen molar-refractivity contribution in [3.8, 4) is 16.9 Å². The molecule has 3 N–H and O–H groups in total. The minimum atomic E-state index is -1.17. The molecule has 0 radical (unpaired) electrons. The van der Waals surface area contributed by atoms with E-state index in [1.165, 1.54) is 18.3 Å². The maximum atomic E-state index is 11.1. The van der Waals surface area contributed by atoms with Gasteiger partial charge >= 0.3 is 5.97 Å².